The summed E-state index contributed by atoms with van der Waals surface area (Å²) in [7, 11) is 0.905. The molecule has 0 bridgehead atoms. The number of ether oxygens (including phenoxy) is 8. The van der Waals surface area contributed by atoms with Crippen LogP contribution in [-0.4, -0.2) is 213 Å². The highest BCUT2D eigenvalue weighted by Crippen LogP contribution is 2.54. The van der Waals surface area contributed by atoms with Crippen LogP contribution in [0.15, 0.2) is 72.9 Å². The van der Waals surface area contributed by atoms with Gasteiger partial charge in [0.1, 0.15) is 25.4 Å². The Bertz CT molecular complexity index is 3290. The van der Waals surface area contributed by atoms with Gasteiger partial charge in [0.05, 0.1) is 0 Å². The summed E-state index contributed by atoms with van der Waals surface area (Å²) < 4.78 is 451. The smallest absolute Gasteiger partial charge is 0.430 e. The van der Waals surface area contributed by atoms with Gasteiger partial charge in [-0.05, 0) is 92.9 Å². The Balaban J connectivity index is -0.000000323. The molecule has 0 amide bonds. The van der Waals surface area contributed by atoms with Gasteiger partial charge in [0.15, 0.2) is 23.6 Å². The summed E-state index contributed by atoms with van der Waals surface area (Å²) in [5.41, 5.74) is -33.3. The van der Waals surface area contributed by atoms with E-state index >= 15 is 0 Å². The van der Waals surface area contributed by atoms with Crippen LogP contribution in [0.3, 0.4) is 0 Å². The molecule has 0 saturated heterocycles. The first-order valence-electron chi connectivity index (χ1n) is 32.5. The summed E-state index contributed by atoms with van der Waals surface area (Å²) in [6, 6.07) is 0. The summed E-state index contributed by atoms with van der Waals surface area (Å²) in [4.78, 5) is 66.8. The first-order chi connectivity index (χ1) is 51.8. The quantitative estimate of drug-likeness (QED) is 0.0160. The van der Waals surface area contributed by atoms with E-state index in [0.29, 0.717) is 20.8 Å². The highest BCUT2D eigenvalue weighted by Gasteiger charge is 2.80. The second-order valence-corrected chi connectivity index (χ2v) is 27.8. The lowest BCUT2D eigenvalue weighted by Crippen LogP contribution is -2.69. The zero-order chi connectivity index (χ0) is 97.7. The normalized spacial score (nSPS) is 14.9. The van der Waals surface area contributed by atoms with Crippen molar-refractivity contribution in [2.75, 3.05) is 20.3 Å². The van der Waals surface area contributed by atoms with Crippen LogP contribution >= 0.6 is 0 Å². The minimum absolute atomic E-state index is 0.0342. The number of hydrogen-bond acceptors (Lipinski definition) is 19. The standard InChI is InChI=1S/C13H18F6O4.C13H21F3O3.C12H16F6O3.C11H14F6O3.C10H12F6O3.C8H8F6O3/c1-7(2)9(20)22-6-11(12(14,15)16,13(17,18)19)23-10(21-5)8(3)4;1-8(2)6-10(19-11(17)9(3)4)7-12(5,18)13(14,15)16;1-6(2)5-8(21-9(19)7(3)4)10(20,11(13,14)15)12(16,17)18;1-5(2)7(20-8(18)6(3)4)9(19,10(12,13)14)11(15,16)17;1-5(2)6(17)19-7(3,4)8(18,9(11,12)13)10(14,15)16;1-4(2)5(15)17-3-6(16,7(9,10)11)8(12,13)14/h8,10H,1,6H2,2-5H3;8,10,18H,3,6-7H2,1-2,4-5H3;6,8,20H,3,5H2,1-2,4H3;5,7,19H,3H2,1-2,4H3;18H,1H2,2-4H3;16H,1,3H2,2H3. The van der Waals surface area contributed by atoms with E-state index in [4.69, 9.17) is 14.9 Å². The average Bonchev–Trinajstić information content (AvgIpc) is 0.714. The molecule has 19 nitrogen and oxygen atoms in total. The lowest BCUT2D eigenvalue weighted by atomic mass is 9.84. The Labute approximate surface area is 657 Å². The first-order valence-corrected chi connectivity index (χ1v) is 32.5. The van der Waals surface area contributed by atoms with Gasteiger partial charge in [-0.25, -0.2) is 28.8 Å². The van der Waals surface area contributed by atoms with E-state index in [1.807, 2.05) is 0 Å². The molecule has 5 atom stereocenters. The molecule has 5 unspecified atom stereocenters. The van der Waals surface area contributed by atoms with Crippen molar-refractivity contribution < 1.29 is 237 Å². The van der Waals surface area contributed by atoms with Crippen molar-refractivity contribution in [1.82, 2.24) is 0 Å². The van der Waals surface area contributed by atoms with Gasteiger partial charge in [-0.3, -0.25) is 0 Å². The second-order valence-electron chi connectivity index (χ2n) is 27.8. The molecule has 0 rings (SSSR count). The number of halogens is 33. The fourth-order valence-corrected chi connectivity index (χ4v) is 7.69. The maximum atomic E-state index is 13.2. The van der Waals surface area contributed by atoms with Crippen LogP contribution in [0.1, 0.15) is 137 Å². The number of aliphatic hydroxyl groups is 5. The van der Waals surface area contributed by atoms with Crippen LogP contribution in [-0.2, 0) is 66.7 Å². The van der Waals surface area contributed by atoms with E-state index in [1.165, 1.54) is 34.6 Å². The molecule has 119 heavy (non-hydrogen) atoms. The number of rotatable bonds is 28. The summed E-state index contributed by atoms with van der Waals surface area (Å²) >= 11 is 0. The number of alkyl halides is 33. The van der Waals surface area contributed by atoms with Gasteiger partial charge in [-0.15, -0.1) is 0 Å². The Morgan fingerprint density at radius 3 is 0.874 bits per heavy atom. The predicted octanol–water partition coefficient (Wildman–Crippen LogP) is 17.9. The molecule has 0 aliphatic heterocycles. The third-order valence-electron chi connectivity index (χ3n) is 14.5. The zero-order valence-corrected chi connectivity index (χ0v) is 65.8. The van der Waals surface area contributed by atoms with Crippen molar-refractivity contribution in [3.63, 3.8) is 0 Å². The average molecular weight is 1830 g/mol. The number of carbonyl (C=O) groups is 6. The lowest BCUT2D eigenvalue weighted by molar-refractivity contribution is -0.417. The van der Waals surface area contributed by atoms with E-state index in [-0.39, 0.29) is 34.6 Å². The molecule has 0 spiro atoms. The minimum atomic E-state index is -6.08. The number of carbonyl (C=O) groups excluding carboxylic acids is 6. The van der Waals surface area contributed by atoms with E-state index in [0.717, 1.165) is 55.6 Å². The van der Waals surface area contributed by atoms with Crippen molar-refractivity contribution in [2.24, 2.45) is 23.7 Å². The molecule has 0 aromatic heterocycles. The SMILES string of the molecule is C=C(C)C(=O)OC(C(C)C)C(O)(C(F)(F)F)C(F)(F)F.C=C(C)C(=O)OC(C)(C)C(O)(C(F)(F)F)C(F)(F)F.C=C(C)C(=O)OC(CC(C)C)C(O)(C(F)(F)F)C(F)(F)F.C=C(C)C(=O)OC(CC(C)C)CC(C)(O)C(F)(F)F.C=C(C)C(=O)OCC(O)(C(F)(F)F)C(F)(F)F.C=C(C)C(=O)OCC(OC(OC)C(C)C)(C(F)(F)F)C(F)(F)F. The van der Waals surface area contributed by atoms with Crippen LogP contribution in [0.4, 0.5) is 145 Å². The van der Waals surface area contributed by atoms with Crippen molar-refractivity contribution in [2.45, 2.75) is 269 Å². The molecule has 0 aromatic rings. The van der Waals surface area contributed by atoms with E-state index in [2.05, 4.69) is 72.6 Å². The fourth-order valence-electron chi connectivity index (χ4n) is 7.69. The van der Waals surface area contributed by atoms with Crippen LogP contribution < -0.4 is 0 Å². The summed E-state index contributed by atoms with van der Waals surface area (Å²) in [6.45, 7) is 33.0. The van der Waals surface area contributed by atoms with Gasteiger partial charge in [-0.2, -0.15) is 145 Å². The molecule has 0 radical (unpaired) electrons. The summed E-state index contributed by atoms with van der Waals surface area (Å²) in [5.74, 6) is -10.9. The van der Waals surface area contributed by atoms with Gasteiger partial charge in [0.25, 0.3) is 28.0 Å². The maximum absolute atomic E-state index is 13.2. The molecule has 0 aromatic carbocycles. The summed E-state index contributed by atoms with van der Waals surface area (Å²) in [6.07, 6.45) is -74.7. The van der Waals surface area contributed by atoms with Gasteiger partial charge >= 0.3 is 104 Å². The van der Waals surface area contributed by atoms with E-state index in [1.54, 1.807) is 13.8 Å². The van der Waals surface area contributed by atoms with Crippen LogP contribution in [0, 0.1) is 23.7 Å². The Morgan fingerprint density at radius 2 is 0.639 bits per heavy atom. The summed E-state index contributed by atoms with van der Waals surface area (Å²) in [5, 5.41) is 45.5. The Morgan fingerprint density at radius 1 is 0.345 bits per heavy atom. The van der Waals surface area contributed by atoms with Crippen LogP contribution in [0.5, 0.6) is 0 Å². The van der Waals surface area contributed by atoms with Crippen molar-refractivity contribution in [1.29, 1.82) is 0 Å². The lowest BCUT2D eigenvalue weighted by Gasteiger charge is -2.43. The first kappa shape index (κ1) is 122. The molecule has 702 valence electrons. The third kappa shape index (κ3) is 34.8. The molecule has 0 fully saturated rings. The second kappa shape index (κ2) is 44.1. The zero-order valence-electron chi connectivity index (χ0n) is 65.8. The van der Waals surface area contributed by atoms with Gasteiger partial charge in [0.2, 0.25) is 0 Å². The fraction of sp³-hybridized carbons (Fsp3) is 0.731. The highest BCUT2D eigenvalue weighted by molar-refractivity contribution is 5.89. The monoisotopic (exact) mass is 1820 g/mol. The van der Waals surface area contributed by atoms with Gasteiger partial charge < -0.3 is 63.4 Å². The van der Waals surface area contributed by atoms with Crippen molar-refractivity contribution in [3.05, 3.63) is 72.9 Å². The van der Waals surface area contributed by atoms with Crippen LogP contribution in [0.2, 0.25) is 0 Å². The molecule has 0 heterocycles. The van der Waals surface area contributed by atoms with Crippen molar-refractivity contribution in [3.8, 4) is 0 Å². The predicted molar refractivity (Wildman–Crippen MR) is 345 cm³/mol. The largest absolute Gasteiger partial charge is 0.459 e. The highest BCUT2D eigenvalue weighted by atomic mass is 19.5. The number of esters is 6. The maximum Gasteiger partial charge on any atom is 0.430 e. The molecule has 52 heteroatoms. The van der Waals surface area contributed by atoms with Crippen LogP contribution in [0.25, 0.3) is 0 Å². The topological polar surface area (TPSA) is 277 Å². The Hall–Kier alpha value is -7.33. The number of methoxy groups -OCH3 is 1. The molecule has 5 N–H and O–H groups in total. The molecule has 0 aliphatic carbocycles. The van der Waals surface area contributed by atoms with Crippen molar-refractivity contribution >= 4 is 35.8 Å². The Kier molecular flexibility index (Phi) is 45.4. The minimum Gasteiger partial charge on any atom is -0.459 e. The van der Waals surface area contributed by atoms with Gasteiger partial charge in [-0.1, -0.05) is 94.9 Å². The van der Waals surface area contributed by atoms with E-state index < -0.39 is 223 Å². The third-order valence-corrected chi connectivity index (χ3v) is 14.5. The molecular weight excluding hydrogens is 1740 g/mol. The van der Waals surface area contributed by atoms with Gasteiger partial charge in [0, 0.05) is 52.9 Å². The molecular formula is C67H89F33O19. The van der Waals surface area contributed by atoms with E-state index in [9.17, 15) is 189 Å². The number of hydrogen-bond donors (Lipinski definition) is 5. The molecule has 0 aliphatic rings. The molecule has 0 saturated carbocycles.